The maximum absolute atomic E-state index is 13.3. The number of benzene rings is 2. The predicted molar refractivity (Wildman–Crippen MR) is 94.1 cm³/mol. The van der Waals surface area contributed by atoms with Gasteiger partial charge in [-0.25, -0.2) is 4.39 Å². The minimum absolute atomic E-state index is 0.256. The molecular formula is C17H14BrFN2OS. The molecule has 0 saturated heterocycles. The molecule has 118 valence electrons. The van der Waals surface area contributed by atoms with Crippen LogP contribution in [0, 0.1) is 5.82 Å². The van der Waals surface area contributed by atoms with E-state index in [0.717, 1.165) is 27.7 Å². The number of nitrogens with zero attached hydrogens (tertiary/aromatic N) is 2. The second-order valence-corrected chi connectivity index (χ2v) is 7.00. The highest BCUT2D eigenvalue weighted by molar-refractivity contribution is 9.10. The molecule has 2 aromatic carbocycles. The molecule has 3 rings (SSSR count). The Balaban J connectivity index is 2.14. The molecule has 0 radical (unpaired) electrons. The molecule has 1 amide bonds. The Hall–Kier alpha value is -1.79. The third-order valence-electron chi connectivity index (χ3n) is 3.36. The van der Waals surface area contributed by atoms with Gasteiger partial charge in [0.1, 0.15) is 5.82 Å². The van der Waals surface area contributed by atoms with E-state index in [1.165, 1.54) is 29.5 Å². The van der Waals surface area contributed by atoms with Crippen molar-refractivity contribution >= 4 is 43.4 Å². The van der Waals surface area contributed by atoms with Gasteiger partial charge in [-0.2, -0.15) is 4.99 Å². The highest BCUT2D eigenvalue weighted by Crippen LogP contribution is 2.22. The summed E-state index contributed by atoms with van der Waals surface area (Å²) < 4.78 is 17.3. The van der Waals surface area contributed by atoms with Crippen LogP contribution < -0.4 is 4.80 Å². The summed E-state index contributed by atoms with van der Waals surface area (Å²) in [5.41, 5.74) is 1.30. The summed E-state index contributed by atoms with van der Waals surface area (Å²) in [6.07, 6.45) is 0.934. The second kappa shape index (κ2) is 6.76. The van der Waals surface area contributed by atoms with E-state index in [0.29, 0.717) is 4.80 Å². The number of fused-ring (bicyclic) bond motifs is 1. The molecule has 1 aromatic heterocycles. The minimum Gasteiger partial charge on any atom is -0.316 e. The van der Waals surface area contributed by atoms with Gasteiger partial charge in [-0.3, -0.25) is 4.79 Å². The van der Waals surface area contributed by atoms with Crippen molar-refractivity contribution in [1.82, 2.24) is 4.57 Å². The van der Waals surface area contributed by atoms with Gasteiger partial charge in [0, 0.05) is 16.6 Å². The van der Waals surface area contributed by atoms with Crippen molar-refractivity contribution in [3.05, 3.63) is 63.1 Å². The van der Waals surface area contributed by atoms with E-state index < -0.39 is 11.7 Å². The SMILES string of the molecule is CCCn1c(=NC(=O)c2cccc(F)c2)sc2cc(Br)ccc21. The largest absolute Gasteiger partial charge is 0.316 e. The van der Waals surface area contributed by atoms with Crippen LogP contribution in [0.1, 0.15) is 23.7 Å². The Labute approximate surface area is 145 Å². The topological polar surface area (TPSA) is 34.4 Å². The molecule has 0 spiro atoms. The van der Waals surface area contributed by atoms with Gasteiger partial charge in [0.05, 0.1) is 10.2 Å². The Kier molecular flexibility index (Phi) is 4.73. The third kappa shape index (κ3) is 3.43. The minimum atomic E-state index is -0.437. The van der Waals surface area contributed by atoms with Gasteiger partial charge in [0.2, 0.25) is 0 Å². The van der Waals surface area contributed by atoms with Crippen LogP contribution in [0.2, 0.25) is 0 Å². The van der Waals surface area contributed by atoms with Gasteiger partial charge >= 0.3 is 0 Å². The van der Waals surface area contributed by atoms with Crippen molar-refractivity contribution in [3.8, 4) is 0 Å². The molecule has 0 aliphatic heterocycles. The van der Waals surface area contributed by atoms with Crippen LogP contribution in [0.25, 0.3) is 10.2 Å². The van der Waals surface area contributed by atoms with Crippen molar-refractivity contribution in [1.29, 1.82) is 0 Å². The fourth-order valence-corrected chi connectivity index (χ4v) is 3.95. The van der Waals surface area contributed by atoms with Gasteiger partial charge in [0.15, 0.2) is 4.80 Å². The predicted octanol–water partition coefficient (Wildman–Crippen LogP) is 4.76. The molecule has 0 aliphatic rings. The van der Waals surface area contributed by atoms with Crippen LogP contribution in [-0.2, 0) is 6.54 Å². The molecule has 0 bridgehead atoms. The van der Waals surface area contributed by atoms with Crippen molar-refractivity contribution in [2.24, 2.45) is 4.99 Å². The number of aromatic nitrogens is 1. The molecule has 1 heterocycles. The lowest BCUT2D eigenvalue weighted by Crippen LogP contribution is -2.16. The van der Waals surface area contributed by atoms with Crippen LogP contribution in [0.15, 0.2) is 51.9 Å². The first-order valence-corrected chi connectivity index (χ1v) is 8.83. The smallest absolute Gasteiger partial charge is 0.279 e. The van der Waals surface area contributed by atoms with E-state index >= 15 is 0 Å². The van der Waals surface area contributed by atoms with Gasteiger partial charge in [-0.05, 0) is 42.8 Å². The average Bonchev–Trinajstić information content (AvgIpc) is 2.84. The molecule has 3 aromatic rings. The molecule has 6 heteroatoms. The average molecular weight is 393 g/mol. The van der Waals surface area contributed by atoms with Crippen molar-refractivity contribution in [2.45, 2.75) is 19.9 Å². The van der Waals surface area contributed by atoms with E-state index in [4.69, 9.17) is 0 Å². The fraction of sp³-hybridized carbons (Fsp3) is 0.176. The number of hydrogen-bond donors (Lipinski definition) is 0. The van der Waals surface area contributed by atoms with Crippen molar-refractivity contribution in [3.63, 3.8) is 0 Å². The van der Waals surface area contributed by atoms with E-state index in [-0.39, 0.29) is 5.56 Å². The highest BCUT2D eigenvalue weighted by Gasteiger charge is 2.09. The molecule has 0 unspecified atom stereocenters. The molecule has 0 fully saturated rings. The Morgan fingerprint density at radius 1 is 1.30 bits per heavy atom. The molecule has 0 aliphatic carbocycles. The number of carbonyl (C=O) groups is 1. The zero-order valence-corrected chi connectivity index (χ0v) is 14.8. The summed E-state index contributed by atoms with van der Waals surface area (Å²) in [6, 6.07) is 11.6. The lowest BCUT2D eigenvalue weighted by atomic mass is 10.2. The maximum Gasteiger partial charge on any atom is 0.279 e. The Morgan fingerprint density at radius 3 is 2.87 bits per heavy atom. The zero-order valence-electron chi connectivity index (χ0n) is 12.4. The number of hydrogen-bond acceptors (Lipinski definition) is 2. The first-order valence-electron chi connectivity index (χ1n) is 7.22. The summed E-state index contributed by atoms with van der Waals surface area (Å²) >= 11 is 4.92. The maximum atomic E-state index is 13.3. The number of carbonyl (C=O) groups excluding carboxylic acids is 1. The Bertz CT molecular complexity index is 945. The second-order valence-electron chi connectivity index (χ2n) is 5.08. The van der Waals surface area contributed by atoms with E-state index in [9.17, 15) is 9.18 Å². The lowest BCUT2D eigenvalue weighted by molar-refractivity contribution is 0.0997. The highest BCUT2D eigenvalue weighted by atomic mass is 79.9. The summed E-state index contributed by atoms with van der Waals surface area (Å²) in [5, 5.41) is 0. The number of amides is 1. The lowest BCUT2D eigenvalue weighted by Gasteiger charge is -2.02. The fourth-order valence-electron chi connectivity index (χ4n) is 2.34. The monoisotopic (exact) mass is 392 g/mol. The molecule has 23 heavy (non-hydrogen) atoms. The van der Waals surface area contributed by atoms with Crippen LogP contribution in [-0.4, -0.2) is 10.5 Å². The van der Waals surface area contributed by atoms with Crippen LogP contribution in [0.3, 0.4) is 0 Å². The third-order valence-corrected chi connectivity index (χ3v) is 4.90. The Morgan fingerprint density at radius 2 is 2.13 bits per heavy atom. The molecule has 0 N–H and O–H groups in total. The number of rotatable bonds is 3. The van der Waals surface area contributed by atoms with Crippen LogP contribution in [0.5, 0.6) is 0 Å². The first-order chi connectivity index (χ1) is 11.1. The summed E-state index contributed by atoms with van der Waals surface area (Å²) in [4.78, 5) is 17.2. The normalized spacial score (nSPS) is 12.0. The van der Waals surface area contributed by atoms with Gasteiger partial charge in [-0.1, -0.05) is 40.3 Å². The number of aryl methyl sites for hydroxylation is 1. The summed E-state index contributed by atoms with van der Waals surface area (Å²) in [5.74, 6) is -0.868. The van der Waals surface area contributed by atoms with Gasteiger partial charge in [-0.15, -0.1) is 0 Å². The van der Waals surface area contributed by atoms with E-state index in [2.05, 4.69) is 27.8 Å². The standard InChI is InChI=1S/C17H14BrFN2OS/c1-2-8-21-14-7-6-12(18)10-15(14)23-17(21)20-16(22)11-4-3-5-13(19)9-11/h3-7,9-10H,2,8H2,1H3. The van der Waals surface area contributed by atoms with E-state index in [1.54, 1.807) is 6.07 Å². The number of halogens is 2. The van der Waals surface area contributed by atoms with Crippen molar-refractivity contribution < 1.29 is 9.18 Å². The number of thiazole rings is 1. The molecular weight excluding hydrogens is 379 g/mol. The molecule has 3 nitrogen and oxygen atoms in total. The van der Waals surface area contributed by atoms with E-state index in [1.807, 2.05) is 22.8 Å². The molecule has 0 saturated carbocycles. The molecule has 0 atom stereocenters. The quantitative estimate of drug-likeness (QED) is 0.632. The van der Waals surface area contributed by atoms with Crippen LogP contribution >= 0.6 is 27.3 Å². The summed E-state index contributed by atoms with van der Waals surface area (Å²) in [6.45, 7) is 2.85. The zero-order chi connectivity index (χ0) is 16.4. The van der Waals surface area contributed by atoms with Gasteiger partial charge < -0.3 is 4.57 Å². The van der Waals surface area contributed by atoms with Gasteiger partial charge in [0.25, 0.3) is 5.91 Å². The van der Waals surface area contributed by atoms with Crippen LogP contribution in [0.4, 0.5) is 4.39 Å². The summed E-state index contributed by atoms with van der Waals surface area (Å²) in [7, 11) is 0. The first kappa shape index (κ1) is 16.1. The van der Waals surface area contributed by atoms with Crippen molar-refractivity contribution in [2.75, 3.05) is 0 Å².